The molecule has 1 aliphatic heterocycles. The zero-order chi connectivity index (χ0) is 13.9. The van der Waals surface area contributed by atoms with Gasteiger partial charge in [-0.3, -0.25) is 4.79 Å². The van der Waals surface area contributed by atoms with Crippen molar-refractivity contribution in [3.8, 4) is 0 Å². The van der Waals surface area contributed by atoms with E-state index in [9.17, 15) is 4.79 Å². The Hall–Kier alpha value is -1.36. The van der Waals surface area contributed by atoms with Gasteiger partial charge in [-0.05, 0) is 65.3 Å². The van der Waals surface area contributed by atoms with Gasteiger partial charge in [-0.2, -0.15) is 0 Å². The molecule has 0 saturated carbocycles. The molecule has 0 spiro atoms. The first-order valence-electron chi connectivity index (χ1n) is 6.87. The second-order valence-electron chi connectivity index (χ2n) is 5.07. The standard InChI is InChI=1S/C17H16INO/c18-15-10-8-14(9-11-15)17(20)19-12-4-7-16(19)13-5-2-1-3-6-13/h1-3,5-6,8-11,16H,4,7,12H2/t16-/m0/s1. The van der Waals surface area contributed by atoms with Crippen LogP contribution in [-0.4, -0.2) is 17.4 Å². The Balaban J connectivity index is 1.85. The molecule has 2 aromatic carbocycles. The van der Waals surface area contributed by atoms with Crippen LogP contribution in [0, 0.1) is 3.57 Å². The summed E-state index contributed by atoms with van der Waals surface area (Å²) >= 11 is 2.26. The summed E-state index contributed by atoms with van der Waals surface area (Å²) in [5.41, 5.74) is 2.03. The molecule has 0 bridgehead atoms. The van der Waals surface area contributed by atoms with Gasteiger partial charge in [0.1, 0.15) is 0 Å². The summed E-state index contributed by atoms with van der Waals surface area (Å²) in [5.74, 6) is 0.146. The number of carbonyl (C=O) groups excluding carboxylic acids is 1. The van der Waals surface area contributed by atoms with Gasteiger partial charge >= 0.3 is 0 Å². The molecule has 1 saturated heterocycles. The van der Waals surface area contributed by atoms with Gasteiger partial charge in [0.15, 0.2) is 0 Å². The molecule has 1 heterocycles. The predicted octanol–water partition coefficient (Wildman–Crippen LogP) is 4.27. The number of rotatable bonds is 2. The fourth-order valence-electron chi connectivity index (χ4n) is 2.79. The Labute approximate surface area is 132 Å². The third-order valence-electron chi connectivity index (χ3n) is 3.79. The Morgan fingerprint density at radius 2 is 1.75 bits per heavy atom. The molecule has 0 aliphatic carbocycles. The molecule has 0 aromatic heterocycles. The van der Waals surface area contributed by atoms with E-state index in [0.29, 0.717) is 0 Å². The lowest BCUT2D eigenvalue weighted by Gasteiger charge is -2.25. The predicted molar refractivity (Wildman–Crippen MR) is 88.6 cm³/mol. The van der Waals surface area contributed by atoms with E-state index in [4.69, 9.17) is 0 Å². The molecule has 1 fully saturated rings. The van der Waals surface area contributed by atoms with Crippen LogP contribution in [0.15, 0.2) is 54.6 Å². The SMILES string of the molecule is O=C(c1ccc(I)cc1)N1CCC[C@H]1c1ccccc1. The average Bonchev–Trinajstić information content (AvgIpc) is 2.97. The minimum atomic E-state index is 0.146. The average molecular weight is 377 g/mol. The third-order valence-corrected chi connectivity index (χ3v) is 4.51. The van der Waals surface area contributed by atoms with Crippen molar-refractivity contribution < 1.29 is 4.79 Å². The lowest BCUT2D eigenvalue weighted by Crippen LogP contribution is -2.30. The molecule has 3 rings (SSSR count). The molecule has 20 heavy (non-hydrogen) atoms. The van der Waals surface area contributed by atoms with Crippen LogP contribution in [0.25, 0.3) is 0 Å². The van der Waals surface area contributed by atoms with E-state index in [0.717, 1.165) is 28.5 Å². The number of nitrogens with zero attached hydrogens (tertiary/aromatic N) is 1. The van der Waals surface area contributed by atoms with E-state index in [1.807, 2.05) is 47.4 Å². The largest absolute Gasteiger partial charge is 0.332 e. The number of hydrogen-bond acceptors (Lipinski definition) is 1. The van der Waals surface area contributed by atoms with Crippen LogP contribution in [0.2, 0.25) is 0 Å². The molecule has 1 atom stereocenters. The molecule has 3 heteroatoms. The molecule has 0 unspecified atom stereocenters. The smallest absolute Gasteiger partial charge is 0.254 e. The fourth-order valence-corrected chi connectivity index (χ4v) is 3.15. The van der Waals surface area contributed by atoms with Crippen molar-refractivity contribution in [2.75, 3.05) is 6.54 Å². The molecular formula is C17H16INO. The quantitative estimate of drug-likeness (QED) is 0.716. The highest BCUT2D eigenvalue weighted by atomic mass is 127. The molecule has 102 valence electrons. The Bertz CT molecular complexity index is 594. The van der Waals surface area contributed by atoms with Crippen LogP contribution in [0.3, 0.4) is 0 Å². The number of carbonyl (C=O) groups is 1. The second-order valence-corrected chi connectivity index (χ2v) is 6.32. The van der Waals surface area contributed by atoms with Crippen LogP contribution in [0.5, 0.6) is 0 Å². The highest BCUT2D eigenvalue weighted by Crippen LogP contribution is 2.32. The van der Waals surface area contributed by atoms with Gasteiger partial charge in [-0.25, -0.2) is 0 Å². The number of benzene rings is 2. The van der Waals surface area contributed by atoms with Crippen molar-refractivity contribution in [3.05, 3.63) is 69.3 Å². The van der Waals surface area contributed by atoms with E-state index >= 15 is 0 Å². The van der Waals surface area contributed by atoms with Crippen molar-refractivity contribution in [3.63, 3.8) is 0 Å². The zero-order valence-corrected chi connectivity index (χ0v) is 13.3. The lowest BCUT2D eigenvalue weighted by atomic mass is 10.0. The monoisotopic (exact) mass is 377 g/mol. The zero-order valence-electron chi connectivity index (χ0n) is 11.1. The summed E-state index contributed by atoms with van der Waals surface area (Å²) in [4.78, 5) is 14.7. The van der Waals surface area contributed by atoms with Crippen molar-refractivity contribution in [2.45, 2.75) is 18.9 Å². The maximum Gasteiger partial charge on any atom is 0.254 e. The minimum Gasteiger partial charge on any atom is -0.332 e. The highest BCUT2D eigenvalue weighted by molar-refractivity contribution is 14.1. The van der Waals surface area contributed by atoms with Crippen LogP contribution in [0.4, 0.5) is 0 Å². The Morgan fingerprint density at radius 3 is 2.45 bits per heavy atom. The van der Waals surface area contributed by atoms with Gasteiger partial charge in [-0.1, -0.05) is 30.3 Å². The first kappa shape index (κ1) is 13.6. The number of hydrogen-bond donors (Lipinski definition) is 0. The van der Waals surface area contributed by atoms with E-state index in [2.05, 4.69) is 34.7 Å². The molecule has 1 amide bonds. The summed E-state index contributed by atoms with van der Waals surface area (Å²) in [7, 11) is 0. The normalized spacial score (nSPS) is 18.2. The molecule has 1 aliphatic rings. The van der Waals surface area contributed by atoms with Crippen molar-refractivity contribution in [2.24, 2.45) is 0 Å². The van der Waals surface area contributed by atoms with E-state index in [1.54, 1.807) is 0 Å². The van der Waals surface area contributed by atoms with Crippen molar-refractivity contribution in [1.82, 2.24) is 4.90 Å². The summed E-state index contributed by atoms with van der Waals surface area (Å²) in [6.07, 6.45) is 2.13. The van der Waals surface area contributed by atoms with E-state index in [-0.39, 0.29) is 11.9 Å². The first-order valence-corrected chi connectivity index (χ1v) is 7.95. The first-order chi connectivity index (χ1) is 9.75. The van der Waals surface area contributed by atoms with Crippen molar-refractivity contribution in [1.29, 1.82) is 0 Å². The van der Waals surface area contributed by atoms with Crippen LogP contribution >= 0.6 is 22.6 Å². The van der Waals surface area contributed by atoms with E-state index < -0.39 is 0 Å². The van der Waals surface area contributed by atoms with Crippen LogP contribution in [0.1, 0.15) is 34.8 Å². The van der Waals surface area contributed by atoms with Crippen LogP contribution < -0.4 is 0 Å². The maximum atomic E-state index is 12.7. The minimum absolute atomic E-state index is 0.146. The second kappa shape index (κ2) is 5.95. The van der Waals surface area contributed by atoms with Gasteiger partial charge in [0.25, 0.3) is 5.91 Å². The number of amides is 1. The molecule has 2 aromatic rings. The fraction of sp³-hybridized carbons (Fsp3) is 0.235. The molecule has 2 nitrogen and oxygen atoms in total. The van der Waals surface area contributed by atoms with E-state index in [1.165, 1.54) is 5.56 Å². The van der Waals surface area contributed by atoms with Crippen LogP contribution in [-0.2, 0) is 0 Å². The summed E-state index contributed by atoms with van der Waals surface area (Å²) in [5, 5.41) is 0. The Kier molecular flexibility index (Phi) is 4.05. The molecular weight excluding hydrogens is 361 g/mol. The van der Waals surface area contributed by atoms with Gasteiger partial charge in [-0.15, -0.1) is 0 Å². The highest BCUT2D eigenvalue weighted by Gasteiger charge is 2.30. The third kappa shape index (κ3) is 2.73. The summed E-state index contributed by atoms with van der Waals surface area (Å²) < 4.78 is 1.15. The number of likely N-dealkylation sites (tertiary alicyclic amines) is 1. The lowest BCUT2D eigenvalue weighted by molar-refractivity contribution is 0.0735. The summed E-state index contributed by atoms with van der Waals surface area (Å²) in [6.45, 7) is 0.852. The molecule has 0 N–H and O–H groups in total. The van der Waals surface area contributed by atoms with Gasteiger partial charge in [0, 0.05) is 15.7 Å². The molecule has 0 radical (unpaired) electrons. The number of halogens is 1. The Morgan fingerprint density at radius 1 is 1.05 bits per heavy atom. The van der Waals surface area contributed by atoms with Gasteiger partial charge in [0.2, 0.25) is 0 Å². The van der Waals surface area contributed by atoms with Crippen molar-refractivity contribution >= 4 is 28.5 Å². The van der Waals surface area contributed by atoms with Gasteiger partial charge < -0.3 is 4.90 Å². The maximum absolute atomic E-state index is 12.7. The summed E-state index contributed by atoms with van der Waals surface area (Å²) in [6, 6.07) is 18.4. The topological polar surface area (TPSA) is 20.3 Å². The van der Waals surface area contributed by atoms with Gasteiger partial charge in [0.05, 0.1) is 6.04 Å².